The number of thiazole rings is 1. The molecule has 0 radical (unpaired) electrons. The minimum atomic E-state index is 0.901. The molecule has 0 aliphatic heterocycles. The average molecular weight is 320 g/mol. The Kier molecular flexibility index (Phi) is 3.01. The maximum atomic E-state index is 4.65. The molecular weight excluding hydrogens is 310 g/mol. The summed E-state index contributed by atoms with van der Waals surface area (Å²) in [6.07, 6.45) is 3.71. The molecule has 0 amide bonds. The van der Waals surface area contributed by atoms with Crippen molar-refractivity contribution in [3.63, 3.8) is 0 Å². The van der Waals surface area contributed by atoms with Crippen molar-refractivity contribution >= 4 is 27.3 Å². The van der Waals surface area contributed by atoms with Crippen molar-refractivity contribution < 1.29 is 0 Å². The second-order valence-electron chi connectivity index (χ2n) is 3.88. The van der Waals surface area contributed by atoms with Gasteiger partial charge in [-0.05, 0) is 6.07 Å². The fourth-order valence-electron chi connectivity index (χ4n) is 1.74. The van der Waals surface area contributed by atoms with E-state index in [-0.39, 0.29) is 0 Å². The molecule has 0 fully saturated rings. The molecule has 0 saturated heterocycles. The van der Waals surface area contributed by atoms with Crippen molar-refractivity contribution in [1.29, 1.82) is 0 Å². The molecule has 0 unspecified atom stereocenters. The van der Waals surface area contributed by atoms with Crippen molar-refractivity contribution in [3.05, 3.63) is 46.5 Å². The number of aromatic nitrogens is 3. The van der Waals surface area contributed by atoms with Crippen LogP contribution in [0.2, 0.25) is 0 Å². The molecule has 5 heteroatoms. The molecule has 0 atom stereocenters. The summed E-state index contributed by atoms with van der Waals surface area (Å²) in [5.74, 6) is 0.901. The third-order valence-corrected chi connectivity index (χ3v) is 4.20. The number of hydrogen-bond donors (Lipinski definition) is 0. The largest absolute Gasteiger partial charge is 0.332 e. The topological polar surface area (TPSA) is 30.7 Å². The van der Waals surface area contributed by atoms with E-state index in [0.717, 1.165) is 26.6 Å². The lowest BCUT2D eigenvalue weighted by Crippen LogP contribution is -1.90. The van der Waals surface area contributed by atoms with Crippen LogP contribution in [0.15, 0.2) is 46.5 Å². The van der Waals surface area contributed by atoms with Gasteiger partial charge in [0.05, 0.1) is 5.69 Å². The van der Waals surface area contributed by atoms with Crippen LogP contribution in [-0.4, -0.2) is 14.5 Å². The second-order valence-corrected chi connectivity index (χ2v) is 5.59. The van der Waals surface area contributed by atoms with Crippen LogP contribution in [0.3, 0.4) is 0 Å². The highest BCUT2D eigenvalue weighted by Gasteiger charge is 2.11. The van der Waals surface area contributed by atoms with E-state index in [0.29, 0.717) is 0 Å². The zero-order valence-corrected chi connectivity index (χ0v) is 12.1. The molecule has 3 aromatic rings. The van der Waals surface area contributed by atoms with Crippen LogP contribution in [-0.2, 0) is 7.05 Å². The highest BCUT2D eigenvalue weighted by Crippen LogP contribution is 2.31. The number of halogens is 1. The summed E-state index contributed by atoms with van der Waals surface area (Å²) in [6, 6.07) is 8.09. The third kappa shape index (κ3) is 2.00. The highest BCUT2D eigenvalue weighted by atomic mass is 79.9. The fraction of sp³-hybridized carbons (Fsp3) is 0.0769. The molecule has 0 aliphatic rings. The van der Waals surface area contributed by atoms with E-state index in [4.69, 9.17) is 0 Å². The van der Waals surface area contributed by atoms with Crippen LogP contribution in [0.1, 0.15) is 0 Å². The fourth-order valence-corrected chi connectivity index (χ4v) is 3.08. The Morgan fingerprint density at radius 1 is 1.28 bits per heavy atom. The summed E-state index contributed by atoms with van der Waals surface area (Å²) in [6.45, 7) is 0. The Balaban J connectivity index is 2.05. The number of imidazole rings is 1. The van der Waals surface area contributed by atoms with E-state index in [2.05, 4.69) is 37.3 Å². The van der Waals surface area contributed by atoms with Gasteiger partial charge >= 0.3 is 0 Å². The molecule has 3 rings (SSSR count). The molecular formula is C13H10BrN3S. The first-order valence-electron chi connectivity index (χ1n) is 5.44. The average Bonchev–Trinajstić information content (AvgIpc) is 2.98. The third-order valence-electron chi connectivity index (χ3n) is 2.67. The Bertz CT molecular complexity index is 687. The molecule has 0 spiro atoms. The Labute approximate surface area is 117 Å². The lowest BCUT2D eigenvalue weighted by molar-refractivity contribution is 0.923. The van der Waals surface area contributed by atoms with Gasteiger partial charge in [0.15, 0.2) is 10.8 Å². The van der Waals surface area contributed by atoms with Crippen molar-refractivity contribution in [2.75, 3.05) is 0 Å². The van der Waals surface area contributed by atoms with Gasteiger partial charge in [0, 0.05) is 34.9 Å². The predicted octanol–water partition coefficient (Wildman–Crippen LogP) is 3.97. The van der Waals surface area contributed by atoms with E-state index in [1.54, 1.807) is 17.5 Å². The summed E-state index contributed by atoms with van der Waals surface area (Å²) in [4.78, 5) is 8.96. The summed E-state index contributed by atoms with van der Waals surface area (Å²) in [5.41, 5.74) is 2.08. The number of rotatable bonds is 2. The molecule has 1 aromatic carbocycles. The molecule has 0 N–H and O–H groups in total. The Morgan fingerprint density at radius 3 is 2.83 bits per heavy atom. The van der Waals surface area contributed by atoms with Crippen LogP contribution in [0.25, 0.3) is 22.1 Å². The van der Waals surface area contributed by atoms with Gasteiger partial charge in [-0.15, -0.1) is 11.3 Å². The standard InChI is InChI=1S/C13H10BrN3S/c1-17-7-6-15-12(17)13-16-11(8-18-13)9-4-2-3-5-10(9)14/h2-8H,1H3. The van der Waals surface area contributed by atoms with Crippen molar-refractivity contribution in [1.82, 2.24) is 14.5 Å². The van der Waals surface area contributed by atoms with Gasteiger partial charge in [-0.1, -0.05) is 34.1 Å². The lowest BCUT2D eigenvalue weighted by atomic mass is 10.2. The smallest absolute Gasteiger partial charge is 0.168 e. The minimum absolute atomic E-state index is 0.901. The maximum Gasteiger partial charge on any atom is 0.168 e. The van der Waals surface area contributed by atoms with Crippen molar-refractivity contribution in [3.8, 4) is 22.1 Å². The van der Waals surface area contributed by atoms with E-state index in [1.807, 2.05) is 36.0 Å². The van der Waals surface area contributed by atoms with Gasteiger partial charge in [0.2, 0.25) is 0 Å². The van der Waals surface area contributed by atoms with Gasteiger partial charge in [0.25, 0.3) is 0 Å². The van der Waals surface area contributed by atoms with Gasteiger partial charge in [0.1, 0.15) is 0 Å². The summed E-state index contributed by atoms with van der Waals surface area (Å²) >= 11 is 5.16. The quantitative estimate of drug-likeness (QED) is 0.715. The normalized spacial score (nSPS) is 10.8. The number of hydrogen-bond acceptors (Lipinski definition) is 3. The van der Waals surface area contributed by atoms with Crippen LogP contribution in [0, 0.1) is 0 Å². The maximum absolute atomic E-state index is 4.65. The van der Waals surface area contributed by atoms with Crippen LogP contribution in [0.5, 0.6) is 0 Å². The van der Waals surface area contributed by atoms with Gasteiger partial charge < -0.3 is 4.57 Å². The van der Waals surface area contributed by atoms with E-state index < -0.39 is 0 Å². The van der Waals surface area contributed by atoms with Crippen LogP contribution in [0.4, 0.5) is 0 Å². The molecule has 0 aliphatic carbocycles. The molecule has 0 saturated carbocycles. The first kappa shape index (κ1) is 11.6. The van der Waals surface area contributed by atoms with E-state index >= 15 is 0 Å². The first-order valence-corrected chi connectivity index (χ1v) is 7.11. The number of aryl methyl sites for hydroxylation is 1. The van der Waals surface area contributed by atoms with E-state index in [1.165, 1.54) is 0 Å². The van der Waals surface area contributed by atoms with Gasteiger partial charge in [-0.3, -0.25) is 0 Å². The van der Waals surface area contributed by atoms with Gasteiger partial charge in [-0.2, -0.15) is 0 Å². The second kappa shape index (κ2) is 4.66. The predicted molar refractivity (Wildman–Crippen MR) is 77.5 cm³/mol. The minimum Gasteiger partial charge on any atom is -0.332 e. The SMILES string of the molecule is Cn1ccnc1-c1nc(-c2ccccc2Br)cs1. The number of nitrogens with zero attached hydrogens (tertiary/aromatic N) is 3. The molecule has 2 heterocycles. The first-order chi connectivity index (χ1) is 8.75. The van der Waals surface area contributed by atoms with Gasteiger partial charge in [-0.25, -0.2) is 9.97 Å². The molecule has 0 bridgehead atoms. The monoisotopic (exact) mass is 319 g/mol. The molecule has 18 heavy (non-hydrogen) atoms. The summed E-state index contributed by atoms with van der Waals surface area (Å²) < 4.78 is 3.03. The highest BCUT2D eigenvalue weighted by molar-refractivity contribution is 9.10. The van der Waals surface area contributed by atoms with Crippen molar-refractivity contribution in [2.24, 2.45) is 7.05 Å². The molecule has 3 nitrogen and oxygen atoms in total. The summed E-state index contributed by atoms with van der Waals surface area (Å²) in [7, 11) is 1.97. The Hall–Kier alpha value is -1.46. The zero-order chi connectivity index (χ0) is 12.5. The lowest BCUT2D eigenvalue weighted by Gasteiger charge is -1.99. The zero-order valence-electron chi connectivity index (χ0n) is 9.67. The van der Waals surface area contributed by atoms with Crippen LogP contribution < -0.4 is 0 Å². The number of benzene rings is 1. The van der Waals surface area contributed by atoms with Crippen molar-refractivity contribution in [2.45, 2.75) is 0 Å². The summed E-state index contributed by atoms with van der Waals surface area (Å²) in [5, 5.41) is 3.00. The Morgan fingerprint density at radius 2 is 2.11 bits per heavy atom. The molecule has 90 valence electrons. The molecule has 2 aromatic heterocycles. The van der Waals surface area contributed by atoms with E-state index in [9.17, 15) is 0 Å². The van der Waals surface area contributed by atoms with Crippen LogP contribution >= 0.6 is 27.3 Å².